The quantitative estimate of drug-likeness (QED) is 0.895. The Labute approximate surface area is 92.5 Å². The lowest BCUT2D eigenvalue weighted by molar-refractivity contribution is -0.145. The largest absolute Gasteiger partial charge is 0.507 e. The van der Waals surface area contributed by atoms with E-state index in [1.54, 1.807) is 0 Å². The number of benzene rings is 1. The predicted molar refractivity (Wildman–Crippen MR) is 52.0 cm³/mol. The monoisotopic (exact) mass is 280 g/mol. The summed E-state index contributed by atoms with van der Waals surface area (Å²) in [5.41, 5.74) is -0.687. The number of phenolic OH excluding ortho intramolecular Hbond substituents is 1. The molecule has 0 unspecified atom stereocenters. The highest BCUT2D eigenvalue weighted by molar-refractivity contribution is 9.10. The minimum absolute atomic E-state index is 0.440. The van der Waals surface area contributed by atoms with Gasteiger partial charge in [0, 0.05) is 4.47 Å². The molecule has 0 atom stereocenters. The van der Waals surface area contributed by atoms with Crippen molar-refractivity contribution in [2.24, 2.45) is 0 Å². The lowest BCUT2D eigenvalue weighted by Gasteiger charge is -2.15. The molecular weight excluding hydrogens is 274 g/mol. The van der Waals surface area contributed by atoms with Gasteiger partial charge in [-0.25, -0.2) is 8.78 Å². The van der Waals surface area contributed by atoms with Crippen molar-refractivity contribution in [3.05, 3.63) is 28.2 Å². The fourth-order valence-electron chi connectivity index (χ4n) is 1.10. The summed E-state index contributed by atoms with van der Waals surface area (Å²) in [4.78, 5) is 10.2. The fraction of sp³-hybridized carbons (Fsp3) is 0.222. The molecule has 0 bridgehead atoms. The van der Waals surface area contributed by atoms with Gasteiger partial charge in [-0.05, 0) is 18.2 Å². The van der Waals surface area contributed by atoms with E-state index < -0.39 is 29.6 Å². The highest BCUT2D eigenvalue weighted by Gasteiger charge is 2.37. The minimum Gasteiger partial charge on any atom is -0.507 e. The van der Waals surface area contributed by atoms with Crippen LogP contribution in [0.25, 0.3) is 0 Å². The zero-order valence-corrected chi connectivity index (χ0v) is 8.96. The number of phenols is 1. The van der Waals surface area contributed by atoms with Crippen LogP contribution in [0.2, 0.25) is 0 Å². The van der Waals surface area contributed by atoms with Gasteiger partial charge < -0.3 is 10.2 Å². The first-order valence-corrected chi connectivity index (χ1v) is 4.71. The average molecular weight is 281 g/mol. The summed E-state index contributed by atoms with van der Waals surface area (Å²) in [6.07, 6.45) is -1.35. The number of halogens is 3. The Morgan fingerprint density at radius 2 is 2.07 bits per heavy atom. The maximum Gasteiger partial charge on any atom is 0.309 e. The Bertz CT molecular complexity index is 393. The third-order valence-electron chi connectivity index (χ3n) is 1.73. The molecule has 0 radical (unpaired) electrons. The zero-order valence-electron chi connectivity index (χ0n) is 7.38. The number of hydrogen-bond donors (Lipinski definition) is 2. The average Bonchev–Trinajstić information content (AvgIpc) is 1.99. The second-order valence-electron chi connectivity index (χ2n) is 2.94. The molecule has 15 heavy (non-hydrogen) atoms. The van der Waals surface area contributed by atoms with E-state index in [4.69, 9.17) is 5.11 Å². The molecule has 0 aliphatic carbocycles. The molecule has 0 aliphatic rings. The number of aromatic hydroxyl groups is 1. The van der Waals surface area contributed by atoms with E-state index in [1.807, 2.05) is 0 Å². The smallest absolute Gasteiger partial charge is 0.309 e. The normalized spacial score (nSPS) is 11.4. The van der Waals surface area contributed by atoms with E-state index in [0.717, 1.165) is 12.1 Å². The molecule has 1 aromatic rings. The Morgan fingerprint density at radius 1 is 1.47 bits per heavy atom. The van der Waals surface area contributed by atoms with Crippen LogP contribution < -0.4 is 0 Å². The van der Waals surface area contributed by atoms with Gasteiger partial charge in [-0.1, -0.05) is 15.9 Å². The van der Waals surface area contributed by atoms with Crippen LogP contribution in [0.4, 0.5) is 8.78 Å². The highest BCUT2D eigenvalue weighted by Crippen LogP contribution is 2.38. The fourth-order valence-corrected chi connectivity index (χ4v) is 1.45. The molecular formula is C9H7BrF2O3. The first-order valence-electron chi connectivity index (χ1n) is 3.91. The topological polar surface area (TPSA) is 57.5 Å². The maximum absolute atomic E-state index is 13.2. The van der Waals surface area contributed by atoms with Gasteiger partial charge in [0.2, 0.25) is 0 Å². The van der Waals surface area contributed by atoms with E-state index in [-0.39, 0.29) is 0 Å². The summed E-state index contributed by atoms with van der Waals surface area (Å²) in [5, 5.41) is 17.5. The molecule has 0 fully saturated rings. The van der Waals surface area contributed by atoms with Crippen LogP contribution in [0.5, 0.6) is 5.75 Å². The first kappa shape index (κ1) is 11.9. The molecule has 0 saturated carbocycles. The van der Waals surface area contributed by atoms with Gasteiger partial charge in [0.25, 0.3) is 5.92 Å². The molecule has 3 nitrogen and oxygen atoms in total. The number of hydrogen-bond acceptors (Lipinski definition) is 2. The minimum atomic E-state index is -3.57. The first-order chi connectivity index (χ1) is 6.83. The molecule has 2 N–H and O–H groups in total. The summed E-state index contributed by atoms with van der Waals surface area (Å²) in [7, 11) is 0. The molecule has 0 spiro atoms. The van der Waals surface area contributed by atoms with Crippen molar-refractivity contribution < 1.29 is 23.8 Å². The van der Waals surface area contributed by atoms with Crippen LogP contribution in [0, 0.1) is 0 Å². The predicted octanol–water partition coefficient (Wildman–Crippen LogP) is 2.72. The van der Waals surface area contributed by atoms with Gasteiger partial charge in [-0.15, -0.1) is 0 Å². The molecule has 1 aromatic carbocycles. The van der Waals surface area contributed by atoms with Crippen molar-refractivity contribution in [2.75, 3.05) is 0 Å². The van der Waals surface area contributed by atoms with Crippen molar-refractivity contribution >= 4 is 21.9 Å². The van der Waals surface area contributed by atoms with Crippen molar-refractivity contribution in [3.8, 4) is 5.75 Å². The number of alkyl halides is 2. The summed E-state index contributed by atoms with van der Waals surface area (Å²) in [5.74, 6) is -5.82. The molecule has 0 heterocycles. The maximum atomic E-state index is 13.2. The number of carbonyl (C=O) groups is 1. The molecule has 0 aliphatic heterocycles. The van der Waals surface area contributed by atoms with Crippen molar-refractivity contribution in [1.82, 2.24) is 0 Å². The summed E-state index contributed by atoms with van der Waals surface area (Å²) in [6, 6.07) is 3.39. The zero-order chi connectivity index (χ0) is 11.6. The van der Waals surface area contributed by atoms with Crippen LogP contribution in [0.1, 0.15) is 12.0 Å². The molecule has 0 saturated heterocycles. The molecule has 6 heteroatoms. The molecule has 1 rings (SSSR count). The van der Waals surface area contributed by atoms with E-state index in [2.05, 4.69) is 15.9 Å². The second-order valence-corrected chi connectivity index (χ2v) is 3.85. The Kier molecular flexibility index (Phi) is 3.28. The standard InChI is InChI=1S/C9H7BrF2O3/c10-5-1-2-6(7(13)3-5)9(11,12)4-8(14)15/h1-3,13H,4H2,(H,14,15). The molecule has 82 valence electrons. The van der Waals surface area contributed by atoms with Crippen molar-refractivity contribution in [3.63, 3.8) is 0 Å². The van der Waals surface area contributed by atoms with E-state index in [1.165, 1.54) is 6.07 Å². The van der Waals surface area contributed by atoms with E-state index >= 15 is 0 Å². The summed E-state index contributed by atoms with van der Waals surface area (Å²) in [6.45, 7) is 0. The second kappa shape index (κ2) is 4.14. The molecule has 0 aromatic heterocycles. The number of carboxylic acids is 1. The van der Waals surface area contributed by atoms with E-state index in [0.29, 0.717) is 4.47 Å². The van der Waals surface area contributed by atoms with Gasteiger partial charge in [0.05, 0.1) is 5.56 Å². The van der Waals surface area contributed by atoms with Crippen LogP contribution >= 0.6 is 15.9 Å². The van der Waals surface area contributed by atoms with Gasteiger partial charge in [-0.3, -0.25) is 4.79 Å². The van der Waals surface area contributed by atoms with Crippen molar-refractivity contribution in [2.45, 2.75) is 12.3 Å². The van der Waals surface area contributed by atoms with Crippen LogP contribution in [-0.4, -0.2) is 16.2 Å². The SMILES string of the molecule is O=C(O)CC(F)(F)c1ccc(Br)cc1O. The summed E-state index contributed by atoms with van der Waals surface area (Å²) < 4.78 is 26.9. The number of rotatable bonds is 3. The van der Waals surface area contributed by atoms with Crippen LogP contribution in [0.15, 0.2) is 22.7 Å². The van der Waals surface area contributed by atoms with Gasteiger partial charge >= 0.3 is 5.97 Å². The Balaban J connectivity index is 3.09. The van der Waals surface area contributed by atoms with E-state index in [9.17, 15) is 18.7 Å². The van der Waals surface area contributed by atoms with Crippen LogP contribution in [0.3, 0.4) is 0 Å². The number of aliphatic carboxylic acids is 1. The van der Waals surface area contributed by atoms with Gasteiger partial charge in [0.1, 0.15) is 12.2 Å². The van der Waals surface area contributed by atoms with Crippen molar-refractivity contribution in [1.29, 1.82) is 0 Å². The van der Waals surface area contributed by atoms with Gasteiger partial charge in [0.15, 0.2) is 0 Å². The highest BCUT2D eigenvalue weighted by atomic mass is 79.9. The lowest BCUT2D eigenvalue weighted by Crippen LogP contribution is -2.18. The third-order valence-corrected chi connectivity index (χ3v) is 2.22. The Hall–Kier alpha value is -1.17. The Morgan fingerprint density at radius 3 is 2.53 bits per heavy atom. The lowest BCUT2D eigenvalue weighted by atomic mass is 10.0. The van der Waals surface area contributed by atoms with Gasteiger partial charge in [-0.2, -0.15) is 0 Å². The third kappa shape index (κ3) is 2.89. The van der Waals surface area contributed by atoms with Crippen LogP contribution in [-0.2, 0) is 10.7 Å². The summed E-state index contributed by atoms with van der Waals surface area (Å²) >= 11 is 2.99. The molecule has 0 amide bonds. The number of carboxylic acid groups (broad SMARTS) is 1.